The number of thioether (sulfide) groups is 1. The van der Waals surface area contributed by atoms with E-state index in [-0.39, 0.29) is 23.8 Å². The molecule has 1 amide bonds. The Morgan fingerprint density at radius 1 is 1.16 bits per heavy atom. The Kier molecular flexibility index (Phi) is 15.9. The van der Waals surface area contributed by atoms with Crippen LogP contribution in [0.2, 0.25) is 0 Å². The van der Waals surface area contributed by atoms with E-state index >= 15 is 0 Å². The zero-order valence-electron chi connectivity index (χ0n) is 21.6. The Morgan fingerprint density at radius 3 is 2.30 bits per heavy atom. The summed E-state index contributed by atoms with van der Waals surface area (Å²) in [6.45, 7) is 0.765. The molecule has 3 unspecified atom stereocenters. The van der Waals surface area contributed by atoms with Gasteiger partial charge in [-0.25, -0.2) is 9.59 Å². The van der Waals surface area contributed by atoms with E-state index < -0.39 is 18.2 Å². The fraction of sp³-hybridized carbons (Fsp3) is 0.875. The molecular formula is C24H42F3N3O5S2. The molecule has 0 heterocycles. The highest BCUT2D eigenvalue weighted by Crippen LogP contribution is 2.42. The van der Waals surface area contributed by atoms with Gasteiger partial charge in [-0.3, -0.25) is 4.79 Å². The quantitative estimate of drug-likeness (QED) is 0.188. The third kappa shape index (κ3) is 12.5. The van der Waals surface area contributed by atoms with Crippen molar-refractivity contribution >= 4 is 42.2 Å². The maximum Gasteiger partial charge on any atom is 0.490 e. The van der Waals surface area contributed by atoms with Crippen molar-refractivity contribution in [1.82, 2.24) is 10.6 Å². The average molecular weight is 574 g/mol. The number of nitrogens with one attached hydrogen (secondary N) is 2. The van der Waals surface area contributed by atoms with Gasteiger partial charge in [0.1, 0.15) is 6.04 Å². The number of nitrogens with two attached hydrogens (primary N) is 1. The number of halogens is 3. The maximum atomic E-state index is 13.3. The molecular weight excluding hydrogens is 531 g/mol. The fourth-order valence-corrected chi connectivity index (χ4v) is 5.69. The van der Waals surface area contributed by atoms with Crippen LogP contribution in [0, 0.1) is 17.8 Å². The minimum atomic E-state index is -5.08. The summed E-state index contributed by atoms with van der Waals surface area (Å²) in [6, 6.07) is -0.0919. The second-order valence-corrected chi connectivity index (χ2v) is 11.0. The van der Waals surface area contributed by atoms with Crippen molar-refractivity contribution in [3.05, 3.63) is 0 Å². The first-order valence-electron chi connectivity index (χ1n) is 12.7. The molecule has 0 aromatic carbocycles. The summed E-state index contributed by atoms with van der Waals surface area (Å²) in [6.07, 6.45) is 6.61. The molecule has 0 aromatic rings. The Balaban J connectivity index is 0.000000856. The number of thiol groups is 1. The van der Waals surface area contributed by atoms with Crippen LogP contribution in [0.4, 0.5) is 13.2 Å². The number of rotatable bonds is 11. The van der Waals surface area contributed by atoms with Crippen LogP contribution in [0.15, 0.2) is 0 Å². The van der Waals surface area contributed by atoms with Crippen LogP contribution in [-0.4, -0.2) is 78.7 Å². The summed E-state index contributed by atoms with van der Waals surface area (Å²) in [5.74, 6) is -0.646. The molecule has 0 spiro atoms. The minimum absolute atomic E-state index is 0.0221. The molecule has 2 rings (SSSR count). The summed E-state index contributed by atoms with van der Waals surface area (Å²) in [4.78, 5) is 34.4. The van der Waals surface area contributed by atoms with Crippen LogP contribution in [0.3, 0.4) is 0 Å². The SMILES string of the molecule is COC(=O)[C@H](CCSC)NC(=O)C1CCC(NC[C@@H](N)CS)CC1C1CCCCC1.O=C(O)C(F)(F)F. The Hall–Kier alpha value is -1.18. The monoisotopic (exact) mass is 573 g/mol. The first-order valence-corrected chi connectivity index (χ1v) is 14.7. The summed E-state index contributed by atoms with van der Waals surface area (Å²) < 4.78 is 36.7. The van der Waals surface area contributed by atoms with Gasteiger partial charge in [-0.1, -0.05) is 32.1 Å². The number of carbonyl (C=O) groups excluding carboxylic acids is 2. The maximum absolute atomic E-state index is 13.3. The molecule has 0 saturated heterocycles. The highest BCUT2D eigenvalue weighted by atomic mass is 32.2. The van der Waals surface area contributed by atoms with Crippen LogP contribution < -0.4 is 16.4 Å². The molecule has 216 valence electrons. The lowest BCUT2D eigenvalue weighted by Gasteiger charge is -2.42. The van der Waals surface area contributed by atoms with E-state index in [1.165, 1.54) is 39.2 Å². The highest BCUT2D eigenvalue weighted by Gasteiger charge is 2.40. The first kappa shape index (κ1) is 33.8. The predicted octanol–water partition coefficient (Wildman–Crippen LogP) is 3.24. The first-order chi connectivity index (χ1) is 17.4. The molecule has 2 aliphatic carbocycles. The zero-order valence-corrected chi connectivity index (χ0v) is 23.3. The van der Waals surface area contributed by atoms with Gasteiger partial charge in [-0.15, -0.1) is 0 Å². The van der Waals surface area contributed by atoms with Crippen LogP contribution in [-0.2, 0) is 19.1 Å². The smallest absolute Gasteiger partial charge is 0.475 e. The van der Waals surface area contributed by atoms with Crippen molar-refractivity contribution in [2.24, 2.45) is 23.5 Å². The largest absolute Gasteiger partial charge is 0.490 e. The van der Waals surface area contributed by atoms with Crippen LogP contribution in [0.25, 0.3) is 0 Å². The summed E-state index contributed by atoms with van der Waals surface area (Å²) in [5.41, 5.74) is 6.03. The number of carboxylic acid groups (broad SMARTS) is 1. The van der Waals surface area contributed by atoms with E-state index in [9.17, 15) is 22.8 Å². The third-order valence-corrected chi connectivity index (χ3v) is 8.16. The van der Waals surface area contributed by atoms with Gasteiger partial charge in [0, 0.05) is 30.3 Å². The van der Waals surface area contributed by atoms with Crippen LogP contribution in [0.1, 0.15) is 57.8 Å². The predicted molar refractivity (Wildman–Crippen MR) is 142 cm³/mol. The van der Waals surface area contributed by atoms with Gasteiger partial charge < -0.3 is 26.2 Å². The number of hydrogen-bond donors (Lipinski definition) is 5. The number of aliphatic carboxylic acids is 1. The van der Waals surface area contributed by atoms with Crippen molar-refractivity contribution in [3.8, 4) is 0 Å². The molecule has 0 aromatic heterocycles. The second kappa shape index (κ2) is 17.4. The van der Waals surface area contributed by atoms with Gasteiger partial charge in [0.15, 0.2) is 0 Å². The van der Waals surface area contributed by atoms with Gasteiger partial charge in [0.2, 0.25) is 5.91 Å². The van der Waals surface area contributed by atoms with Crippen LogP contribution >= 0.6 is 24.4 Å². The van der Waals surface area contributed by atoms with Gasteiger partial charge >= 0.3 is 18.1 Å². The number of ether oxygens (including phenoxy) is 1. The van der Waals surface area contributed by atoms with Crippen LogP contribution in [0.5, 0.6) is 0 Å². The molecule has 2 aliphatic rings. The molecule has 13 heteroatoms. The molecule has 0 bridgehead atoms. The topological polar surface area (TPSA) is 131 Å². The fourth-order valence-electron chi connectivity index (χ4n) is 5.09. The Bertz CT molecular complexity index is 712. The van der Waals surface area contributed by atoms with Crippen molar-refractivity contribution in [3.63, 3.8) is 0 Å². The lowest BCUT2D eigenvalue weighted by atomic mass is 9.66. The normalized spacial score (nSPS) is 24.2. The van der Waals surface area contributed by atoms with Gasteiger partial charge in [0.25, 0.3) is 0 Å². The van der Waals surface area contributed by atoms with Gasteiger partial charge in [0.05, 0.1) is 7.11 Å². The summed E-state index contributed by atoms with van der Waals surface area (Å²) in [5, 5.41) is 13.8. The van der Waals surface area contributed by atoms with E-state index in [1.54, 1.807) is 11.8 Å². The van der Waals surface area contributed by atoms with Gasteiger partial charge in [-0.05, 0) is 49.5 Å². The van der Waals surface area contributed by atoms with E-state index in [0.717, 1.165) is 31.6 Å². The summed E-state index contributed by atoms with van der Waals surface area (Å²) in [7, 11) is 1.39. The number of carbonyl (C=O) groups is 3. The molecule has 2 fully saturated rings. The Morgan fingerprint density at radius 2 is 1.78 bits per heavy atom. The second-order valence-electron chi connectivity index (χ2n) is 9.70. The number of methoxy groups -OCH3 is 1. The zero-order chi connectivity index (χ0) is 28.0. The lowest BCUT2D eigenvalue weighted by molar-refractivity contribution is -0.192. The van der Waals surface area contributed by atoms with Crippen molar-refractivity contribution in [1.29, 1.82) is 0 Å². The molecule has 5 N–H and O–H groups in total. The molecule has 0 radical (unpaired) electrons. The van der Waals surface area contributed by atoms with Crippen molar-refractivity contribution < 1.29 is 37.4 Å². The average Bonchev–Trinajstić information content (AvgIpc) is 2.89. The molecule has 2 saturated carbocycles. The highest BCUT2D eigenvalue weighted by molar-refractivity contribution is 7.98. The standard InChI is InChI=1S/C22H41N3O3S2.C2HF3O2/c1-28-22(27)20(10-11-30-2)25-21(26)18-9-8-17(24-13-16(23)14-29)12-19(18)15-6-4-3-5-7-15;3-2(4,5)1(6)7/h15-20,24,29H,3-14,23H2,1-2H3,(H,25,26);(H,6,7)/t16-,17?,18?,19?,20+;/m1./s1. The van der Waals surface area contributed by atoms with E-state index in [4.69, 9.17) is 20.4 Å². The van der Waals surface area contributed by atoms with E-state index in [2.05, 4.69) is 23.3 Å². The number of amides is 1. The number of esters is 1. The number of hydrogen-bond acceptors (Lipinski definition) is 8. The molecule has 8 nitrogen and oxygen atoms in total. The lowest BCUT2D eigenvalue weighted by Crippen LogP contribution is -2.51. The number of alkyl halides is 3. The van der Waals surface area contributed by atoms with E-state index in [0.29, 0.717) is 30.1 Å². The summed E-state index contributed by atoms with van der Waals surface area (Å²) >= 11 is 5.95. The van der Waals surface area contributed by atoms with Gasteiger partial charge in [-0.2, -0.15) is 37.6 Å². The minimum Gasteiger partial charge on any atom is -0.475 e. The number of carboxylic acids is 1. The molecule has 0 aliphatic heterocycles. The molecule has 5 atom stereocenters. The van der Waals surface area contributed by atoms with Crippen molar-refractivity contribution in [2.45, 2.75) is 82.1 Å². The van der Waals surface area contributed by atoms with Crippen molar-refractivity contribution in [2.75, 3.05) is 31.4 Å². The Labute approximate surface area is 227 Å². The van der Waals surface area contributed by atoms with E-state index in [1.807, 2.05) is 6.26 Å². The third-order valence-electron chi connectivity index (χ3n) is 7.05. The molecule has 37 heavy (non-hydrogen) atoms.